The zero-order valence-electron chi connectivity index (χ0n) is 23.9. The van der Waals surface area contributed by atoms with Crippen LogP contribution in [0.5, 0.6) is 23.0 Å². The van der Waals surface area contributed by atoms with Gasteiger partial charge in [-0.25, -0.2) is 0 Å². The van der Waals surface area contributed by atoms with Gasteiger partial charge in [-0.1, -0.05) is 36.4 Å². The van der Waals surface area contributed by atoms with E-state index >= 15 is 0 Å². The number of carbonyl (C=O) groups is 2. The summed E-state index contributed by atoms with van der Waals surface area (Å²) in [4.78, 5) is 32.6. The molecular weight excluding hydrogens is 532 g/mol. The highest BCUT2D eigenvalue weighted by Gasteiger charge is 2.46. The molecule has 5 aliphatic rings. The van der Waals surface area contributed by atoms with E-state index in [0.29, 0.717) is 11.5 Å². The molecule has 0 saturated carbocycles. The van der Waals surface area contributed by atoms with Crippen molar-refractivity contribution in [3.05, 3.63) is 65.8 Å². The monoisotopic (exact) mass is 570 g/mol. The van der Waals surface area contributed by atoms with E-state index in [0.717, 1.165) is 87.3 Å². The summed E-state index contributed by atoms with van der Waals surface area (Å²) in [5.41, 5.74) is 2.00. The minimum atomic E-state index is -0.511. The molecule has 2 amide bonds. The molecule has 2 aromatic carbocycles. The second-order valence-electron chi connectivity index (χ2n) is 11.9. The molecule has 8 heteroatoms. The normalized spacial score (nSPS) is 26.6. The lowest BCUT2D eigenvalue weighted by molar-refractivity contribution is -0.147. The van der Waals surface area contributed by atoms with Crippen molar-refractivity contribution < 1.29 is 28.5 Å². The van der Waals surface area contributed by atoms with Crippen molar-refractivity contribution in [2.75, 3.05) is 39.8 Å². The predicted octanol–water partition coefficient (Wildman–Crippen LogP) is 5.38. The zero-order valence-corrected chi connectivity index (χ0v) is 23.9. The molecule has 4 unspecified atom stereocenters. The Hall–Kier alpha value is -3.94. The molecule has 0 spiro atoms. The molecule has 0 bridgehead atoms. The Morgan fingerprint density at radius 1 is 0.667 bits per heavy atom. The average Bonchev–Trinajstić information content (AvgIpc) is 3.72. The van der Waals surface area contributed by atoms with Crippen LogP contribution in [-0.2, 0) is 9.59 Å². The lowest BCUT2D eigenvalue weighted by atomic mass is 9.67. The third kappa shape index (κ3) is 5.23. The summed E-state index contributed by atoms with van der Waals surface area (Å²) in [5.74, 6) is 1.67. The van der Waals surface area contributed by atoms with Crippen molar-refractivity contribution >= 4 is 17.9 Å². The Bertz CT molecular complexity index is 1390. The number of piperidine rings is 2. The number of hydrogen-bond donors (Lipinski definition) is 0. The number of carbonyl (C=O) groups excluding carboxylic acids is 2. The maximum absolute atomic E-state index is 14.5. The Morgan fingerprint density at radius 3 is 1.95 bits per heavy atom. The van der Waals surface area contributed by atoms with Crippen molar-refractivity contribution in [3.8, 4) is 23.0 Å². The number of hydrogen-bond acceptors (Lipinski definition) is 6. The lowest BCUT2D eigenvalue weighted by Crippen LogP contribution is -2.51. The van der Waals surface area contributed by atoms with Crippen LogP contribution in [-0.4, -0.2) is 61.4 Å². The third-order valence-electron chi connectivity index (χ3n) is 9.34. The lowest BCUT2D eigenvalue weighted by Gasteiger charge is -2.42. The summed E-state index contributed by atoms with van der Waals surface area (Å²) in [7, 11) is 0. The summed E-state index contributed by atoms with van der Waals surface area (Å²) >= 11 is 0. The Kier molecular flexibility index (Phi) is 7.53. The van der Waals surface area contributed by atoms with Gasteiger partial charge in [-0.15, -0.1) is 0 Å². The maximum atomic E-state index is 14.5. The highest BCUT2D eigenvalue weighted by atomic mass is 16.7. The highest BCUT2D eigenvalue weighted by molar-refractivity contribution is 5.90. The topological polar surface area (TPSA) is 77.5 Å². The quantitative estimate of drug-likeness (QED) is 0.449. The number of allylic oxidation sites excluding steroid dienone is 2. The average molecular weight is 571 g/mol. The fourth-order valence-electron chi connectivity index (χ4n) is 7.09. The second-order valence-corrected chi connectivity index (χ2v) is 11.9. The molecule has 7 rings (SSSR count). The van der Waals surface area contributed by atoms with Gasteiger partial charge in [-0.2, -0.15) is 0 Å². The number of nitrogens with zero attached hydrogens (tertiary/aromatic N) is 2. The molecule has 220 valence electrons. The summed E-state index contributed by atoms with van der Waals surface area (Å²) in [6.45, 7) is 3.44. The molecule has 4 heterocycles. The molecule has 0 radical (unpaired) electrons. The molecule has 1 aliphatic carbocycles. The van der Waals surface area contributed by atoms with E-state index in [1.54, 1.807) is 0 Å². The summed E-state index contributed by atoms with van der Waals surface area (Å²) in [6.07, 6.45) is 14.7. The Balaban J connectivity index is 1.29. The SMILES string of the molecule is O=C(C1C=CC(c2ccc3c(c2)OCO3)C(C=Cc2ccc3c(c2)OCO3)C1C(=O)N1CCCCC1)N1CCCCC1. The van der Waals surface area contributed by atoms with Crippen LogP contribution in [0.3, 0.4) is 0 Å². The van der Waals surface area contributed by atoms with Crippen LogP contribution in [0.25, 0.3) is 6.08 Å². The Morgan fingerprint density at radius 2 is 1.26 bits per heavy atom. The van der Waals surface area contributed by atoms with Crippen LogP contribution >= 0.6 is 0 Å². The number of amides is 2. The van der Waals surface area contributed by atoms with Gasteiger partial charge in [0.05, 0.1) is 11.8 Å². The van der Waals surface area contributed by atoms with Gasteiger partial charge in [0.25, 0.3) is 0 Å². The van der Waals surface area contributed by atoms with Crippen LogP contribution in [0, 0.1) is 17.8 Å². The number of likely N-dealkylation sites (tertiary alicyclic amines) is 2. The van der Waals surface area contributed by atoms with Gasteiger partial charge in [0.15, 0.2) is 23.0 Å². The standard InChI is InChI=1S/C34H38N2O6/c37-33(35-15-3-1-4-16-35)27-12-11-25(24-9-14-29-31(20-24)42-22-40-29)26(32(27)34(38)36-17-5-2-6-18-36)10-7-23-8-13-28-30(19-23)41-21-39-28/h7-14,19-20,25-27,32H,1-6,15-18,21-22H2. The van der Waals surface area contributed by atoms with E-state index in [-0.39, 0.29) is 37.2 Å². The second kappa shape index (κ2) is 11.7. The molecule has 8 nitrogen and oxygen atoms in total. The molecule has 0 N–H and O–H groups in total. The summed E-state index contributed by atoms with van der Waals surface area (Å²) in [6, 6.07) is 11.9. The van der Waals surface area contributed by atoms with Gasteiger partial charge in [0.2, 0.25) is 25.4 Å². The van der Waals surface area contributed by atoms with Crippen LogP contribution in [0.4, 0.5) is 0 Å². The number of rotatable bonds is 5. The van der Waals surface area contributed by atoms with E-state index < -0.39 is 11.8 Å². The van der Waals surface area contributed by atoms with Crippen LogP contribution in [0.2, 0.25) is 0 Å². The van der Waals surface area contributed by atoms with Crippen LogP contribution < -0.4 is 18.9 Å². The van der Waals surface area contributed by atoms with Crippen molar-refractivity contribution in [2.45, 2.75) is 44.4 Å². The molecule has 2 saturated heterocycles. The molecular formula is C34H38N2O6. The van der Waals surface area contributed by atoms with E-state index in [9.17, 15) is 9.59 Å². The fourth-order valence-corrected chi connectivity index (χ4v) is 7.09. The van der Waals surface area contributed by atoms with Gasteiger partial charge in [-0.05, 0) is 73.9 Å². The van der Waals surface area contributed by atoms with Crippen molar-refractivity contribution in [1.29, 1.82) is 0 Å². The van der Waals surface area contributed by atoms with E-state index in [2.05, 4.69) is 24.3 Å². The molecule has 0 aromatic heterocycles. The minimum absolute atomic E-state index is 0.0759. The summed E-state index contributed by atoms with van der Waals surface area (Å²) < 4.78 is 22.4. The Labute approximate surface area is 246 Å². The van der Waals surface area contributed by atoms with Gasteiger partial charge < -0.3 is 28.7 Å². The zero-order chi connectivity index (χ0) is 28.5. The third-order valence-corrected chi connectivity index (χ3v) is 9.34. The molecule has 4 aliphatic heterocycles. The largest absolute Gasteiger partial charge is 0.454 e. The highest BCUT2D eigenvalue weighted by Crippen LogP contribution is 2.46. The molecule has 2 fully saturated rings. The van der Waals surface area contributed by atoms with Crippen LogP contribution in [0.1, 0.15) is 55.6 Å². The molecule has 42 heavy (non-hydrogen) atoms. The van der Waals surface area contributed by atoms with Crippen molar-refractivity contribution in [1.82, 2.24) is 9.80 Å². The van der Waals surface area contributed by atoms with E-state index in [4.69, 9.17) is 18.9 Å². The first-order valence-corrected chi connectivity index (χ1v) is 15.4. The maximum Gasteiger partial charge on any atom is 0.231 e. The predicted molar refractivity (Wildman–Crippen MR) is 157 cm³/mol. The molecule has 2 aromatic rings. The molecule has 4 atom stereocenters. The minimum Gasteiger partial charge on any atom is -0.454 e. The van der Waals surface area contributed by atoms with Crippen LogP contribution in [0.15, 0.2) is 54.6 Å². The van der Waals surface area contributed by atoms with Crippen molar-refractivity contribution in [2.24, 2.45) is 17.8 Å². The van der Waals surface area contributed by atoms with Gasteiger partial charge in [0, 0.05) is 38.0 Å². The van der Waals surface area contributed by atoms with Gasteiger partial charge >= 0.3 is 0 Å². The van der Waals surface area contributed by atoms with Gasteiger partial charge in [-0.3, -0.25) is 9.59 Å². The number of benzene rings is 2. The first kappa shape index (κ1) is 26.9. The van der Waals surface area contributed by atoms with E-state index in [1.165, 1.54) is 0 Å². The summed E-state index contributed by atoms with van der Waals surface area (Å²) in [5, 5.41) is 0. The first-order chi connectivity index (χ1) is 20.7. The fraction of sp³-hybridized carbons (Fsp3) is 0.471. The van der Waals surface area contributed by atoms with Gasteiger partial charge in [0.1, 0.15) is 0 Å². The van der Waals surface area contributed by atoms with E-state index in [1.807, 2.05) is 46.2 Å². The number of fused-ring (bicyclic) bond motifs is 2. The van der Waals surface area contributed by atoms with Crippen molar-refractivity contribution in [3.63, 3.8) is 0 Å². The smallest absolute Gasteiger partial charge is 0.231 e. The number of ether oxygens (including phenoxy) is 4. The first-order valence-electron chi connectivity index (χ1n) is 15.4.